The van der Waals surface area contributed by atoms with Gasteiger partial charge in [0, 0.05) is 17.2 Å². The van der Waals surface area contributed by atoms with Gasteiger partial charge < -0.3 is 10.1 Å². The standard InChI is InChI=1S/C18H15ClN2O5/c1-12-6-7-13(10-14(12)19)8-9-18(23)26-11-17(22)20-15-4-2-3-5-16(15)21(24)25/h2-10H,11H2,1H3,(H,20,22)/b9-8+. The van der Waals surface area contributed by atoms with E-state index in [4.69, 9.17) is 16.3 Å². The molecule has 8 heteroatoms. The number of ether oxygens (including phenoxy) is 1. The number of anilines is 1. The van der Waals surface area contributed by atoms with Crippen LogP contribution in [-0.2, 0) is 14.3 Å². The van der Waals surface area contributed by atoms with Gasteiger partial charge in [0.05, 0.1) is 4.92 Å². The second-order valence-electron chi connectivity index (χ2n) is 5.27. The molecule has 1 amide bonds. The van der Waals surface area contributed by atoms with Gasteiger partial charge in [-0.1, -0.05) is 35.9 Å². The summed E-state index contributed by atoms with van der Waals surface area (Å²) in [5, 5.41) is 13.8. The zero-order valence-corrected chi connectivity index (χ0v) is 14.5. The van der Waals surface area contributed by atoms with Crippen LogP contribution in [0.2, 0.25) is 5.02 Å². The number of amides is 1. The first kappa shape index (κ1) is 19.1. The molecule has 0 bridgehead atoms. The molecule has 134 valence electrons. The molecule has 7 nitrogen and oxygen atoms in total. The average molecular weight is 375 g/mol. The molecule has 0 spiro atoms. The molecule has 0 aromatic heterocycles. The highest BCUT2D eigenvalue weighted by Crippen LogP contribution is 2.23. The molecule has 0 aliphatic carbocycles. The maximum atomic E-state index is 11.8. The van der Waals surface area contributed by atoms with E-state index in [0.29, 0.717) is 10.6 Å². The smallest absolute Gasteiger partial charge is 0.331 e. The summed E-state index contributed by atoms with van der Waals surface area (Å²) in [5.74, 6) is -1.40. The molecule has 0 aliphatic heterocycles. The molecule has 1 N–H and O–H groups in total. The number of hydrogen-bond donors (Lipinski definition) is 1. The molecule has 0 saturated heterocycles. The predicted octanol–water partition coefficient (Wildman–Crippen LogP) is 3.75. The Balaban J connectivity index is 1.89. The van der Waals surface area contributed by atoms with Crippen molar-refractivity contribution in [2.24, 2.45) is 0 Å². The number of nitrogens with zero attached hydrogens (tertiary/aromatic N) is 1. The van der Waals surface area contributed by atoms with Crippen LogP contribution < -0.4 is 5.32 Å². The van der Waals surface area contributed by atoms with Gasteiger partial charge in [0.15, 0.2) is 6.61 Å². The normalized spacial score (nSPS) is 10.5. The Morgan fingerprint density at radius 2 is 2.00 bits per heavy atom. The third kappa shape index (κ3) is 5.42. The third-order valence-electron chi connectivity index (χ3n) is 3.33. The van der Waals surface area contributed by atoms with E-state index in [1.165, 1.54) is 30.4 Å². The topological polar surface area (TPSA) is 98.5 Å². The lowest BCUT2D eigenvalue weighted by Gasteiger charge is -2.06. The van der Waals surface area contributed by atoms with Crippen LogP contribution in [0.4, 0.5) is 11.4 Å². The highest BCUT2D eigenvalue weighted by Gasteiger charge is 2.15. The van der Waals surface area contributed by atoms with E-state index in [1.54, 1.807) is 18.2 Å². The van der Waals surface area contributed by atoms with Crippen LogP contribution in [0.3, 0.4) is 0 Å². The Labute approximate surface area is 154 Å². The highest BCUT2D eigenvalue weighted by atomic mass is 35.5. The molecular weight excluding hydrogens is 360 g/mol. The summed E-state index contributed by atoms with van der Waals surface area (Å²) in [6, 6.07) is 11.0. The minimum Gasteiger partial charge on any atom is -0.452 e. The van der Waals surface area contributed by atoms with Crippen molar-refractivity contribution in [3.63, 3.8) is 0 Å². The van der Waals surface area contributed by atoms with Gasteiger partial charge >= 0.3 is 5.97 Å². The summed E-state index contributed by atoms with van der Waals surface area (Å²) in [6.07, 6.45) is 2.67. The van der Waals surface area contributed by atoms with Crippen molar-refractivity contribution in [2.45, 2.75) is 6.92 Å². The van der Waals surface area contributed by atoms with E-state index >= 15 is 0 Å². The minimum atomic E-state index is -0.723. The number of nitrogens with one attached hydrogen (secondary N) is 1. The molecule has 0 fully saturated rings. The second kappa shape index (κ2) is 8.77. The Kier molecular flexibility index (Phi) is 6.46. The number of para-hydroxylation sites is 2. The van der Waals surface area contributed by atoms with Crippen LogP contribution in [0.5, 0.6) is 0 Å². The monoisotopic (exact) mass is 374 g/mol. The van der Waals surface area contributed by atoms with E-state index in [1.807, 2.05) is 13.0 Å². The van der Waals surface area contributed by atoms with Crippen LogP contribution in [0.25, 0.3) is 6.08 Å². The van der Waals surface area contributed by atoms with Gasteiger partial charge in [0.1, 0.15) is 5.69 Å². The van der Waals surface area contributed by atoms with Gasteiger partial charge in [-0.25, -0.2) is 4.79 Å². The molecule has 0 aliphatic rings. The van der Waals surface area contributed by atoms with E-state index in [9.17, 15) is 19.7 Å². The Morgan fingerprint density at radius 3 is 2.69 bits per heavy atom. The van der Waals surface area contributed by atoms with Crippen LogP contribution in [0.1, 0.15) is 11.1 Å². The number of esters is 1. The summed E-state index contributed by atoms with van der Waals surface area (Å²) < 4.78 is 4.81. The van der Waals surface area contributed by atoms with Crippen molar-refractivity contribution in [2.75, 3.05) is 11.9 Å². The molecule has 2 rings (SSSR count). The van der Waals surface area contributed by atoms with Gasteiger partial charge in [-0.2, -0.15) is 0 Å². The Bertz CT molecular complexity index is 880. The quantitative estimate of drug-likeness (QED) is 0.359. The first-order valence-corrected chi connectivity index (χ1v) is 7.89. The summed E-state index contributed by atoms with van der Waals surface area (Å²) >= 11 is 5.99. The molecule has 0 heterocycles. The zero-order valence-electron chi connectivity index (χ0n) is 13.8. The molecular formula is C18H15ClN2O5. The number of nitro groups is 1. The fourth-order valence-electron chi connectivity index (χ4n) is 1.99. The summed E-state index contributed by atoms with van der Waals surface area (Å²) in [6.45, 7) is 1.30. The number of aryl methyl sites for hydroxylation is 1. The molecule has 0 saturated carbocycles. The molecule has 26 heavy (non-hydrogen) atoms. The first-order valence-electron chi connectivity index (χ1n) is 7.51. The van der Waals surface area contributed by atoms with Gasteiger partial charge in [0.25, 0.3) is 11.6 Å². The zero-order chi connectivity index (χ0) is 19.1. The molecule has 0 radical (unpaired) electrons. The van der Waals surface area contributed by atoms with E-state index in [0.717, 1.165) is 5.56 Å². The maximum Gasteiger partial charge on any atom is 0.331 e. The summed E-state index contributed by atoms with van der Waals surface area (Å²) in [4.78, 5) is 33.7. The van der Waals surface area contributed by atoms with Crippen molar-refractivity contribution in [3.05, 3.63) is 74.8 Å². The second-order valence-corrected chi connectivity index (χ2v) is 5.68. The number of nitro benzene ring substituents is 1. The van der Waals surface area contributed by atoms with Gasteiger partial charge in [-0.15, -0.1) is 0 Å². The number of rotatable bonds is 6. The third-order valence-corrected chi connectivity index (χ3v) is 3.74. The van der Waals surface area contributed by atoms with Crippen molar-refractivity contribution >= 4 is 40.9 Å². The lowest BCUT2D eigenvalue weighted by molar-refractivity contribution is -0.383. The molecule has 0 unspecified atom stereocenters. The Morgan fingerprint density at radius 1 is 1.27 bits per heavy atom. The number of carbonyl (C=O) groups excluding carboxylic acids is 2. The van der Waals surface area contributed by atoms with E-state index in [-0.39, 0.29) is 11.4 Å². The highest BCUT2D eigenvalue weighted by molar-refractivity contribution is 6.31. The first-order chi connectivity index (χ1) is 12.4. The molecule has 2 aromatic rings. The van der Waals surface area contributed by atoms with E-state index in [2.05, 4.69) is 5.32 Å². The van der Waals surface area contributed by atoms with Crippen molar-refractivity contribution in [1.29, 1.82) is 0 Å². The molecule has 2 aromatic carbocycles. The largest absolute Gasteiger partial charge is 0.452 e. The van der Waals surface area contributed by atoms with Crippen LogP contribution in [-0.4, -0.2) is 23.4 Å². The van der Waals surface area contributed by atoms with Gasteiger partial charge in [0.2, 0.25) is 0 Å². The van der Waals surface area contributed by atoms with Gasteiger partial charge in [-0.05, 0) is 36.3 Å². The fourth-order valence-corrected chi connectivity index (χ4v) is 2.18. The molecule has 0 atom stereocenters. The van der Waals surface area contributed by atoms with Crippen molar-refractivity contribution in [1.82, 2.24) is 0 Å². The maximum absolute atomic E-state index is 11.8. The lowest BCUT2D eigenvalue weighted by Crippen LogP contribution is -2.20. The lowest BCUT2D eigenvalue weighted by atomic mass is 10.1. The number of carbonyl (C=O) groups is 2. The van der Waals surface area contributed by atoms with Crippen LogP contribution in [0.15, 0.2) is 48.5 Å². The van der Waals surface area contributed by atoms with Crippen LogP contribution in [0, 0.1) is 17.0 Å². The van der Waals surface area contributed by atoms with Crippen molar-refractivity contribution in [3.8, 4) is 0 Å². The summed E-state index contributed by atoms with van der Waals surface area (Å²) in [7, 11) is 0. The average Bonchev–Trinajstić information content (AvgIpc) is 2.61. The summed E-state index contributed by atoms with van der Waals surface area (Å²) in [5.41, 5.74) is 1.41. The van der Waals surface area contributed by atoms with Crippen molar-refractivity contribution < 1.29 is 19.2 Å². The predicted molar refractivity (Wildman–Crippen MR) is 97.9 cm³/mol. The number of benzene rings is 2. The van der Waals surface area contributed by atoms with E-state index < -0.39 is 23.4 Å². The number of halogens is 1. The SMILES string of the molecule is Cc1ccc(/C=C/C(=O)OCC(=O)Nc2ccccc2[N+](=O)[O-])cc1Cl. The Hall–Kier alpha value is -3.19. The number of hydrogen-bond acceptors (Lipinski definition) is 5. The van der Waals surface area contributed by atoms with Gasteiger partial charge in [-0.3, -0.25) is 14.9 Å². The minimum absolute atomic E-state index is 0.0309. The van der Waals surface area contributed by atoms with Crippen LogP contribution >= 0.6 is 11.6 Å². The fraction of sp³-hybridized carbons (Fsp3) is 0.111.